The summed E-state index contributed by atoms with van der Waals surface area (Å²) in [6, 6.07) is 6.91. The van der Waals surface area contributed by atoms with Crippen molar-refractivity contribution in [2.24, 2.45) is 0 Å². The highest BCUT2D eigenvalue weighted by Crippen LogP contribution is 2.29. The van der Waals surface area contributed by atoms with E-state index >= 15 is 0 Å². The predicted molar refractivity (Wildman–Crippen MR) is 72.0 cm³/mol. The summed E-state index contributed by atoms with van der Waals surface area (Å²) in [6.45, 7) is 0. The number of non-ortho nitro benzene ring substituents is 1. The van der Waals surface area contributed by atoms with Crippen molar-refractivity contribution in [3.63, 3.8) is 0 Å². The van der Waals surface area contributed by atoms with Crippen LogP contribution in [0.2, 0.25) is 0 Å². The fourth-order valence-electron chi connectivity index (χ4n) is 1.54. The molecular weight excluding hydrogens is 303 g/mol. The van der Waals surface area contributed by atoms with Gasteiger partial charge in [0, 0.05) is 12.1 Å². The van der Waals surface area contributed by atoms with E-state index < -0.39 is 26.5 Å². The molecule has 0 bridgehead atoms. The molecule has 0 atom stereocenters. The van der Waals surface area contributed by atoms with Gasteiger partial charge in [-0.3, -0.25) is 14.8 Å². The fourth-order valence-corrected chi connectivity index (χ4v) is 2.60. The first-order chi connectivity index (χ1) is 9.79. The van der Waals surface area contributed by atoms with Gasteiger partial charge in [-0.2, -0.15) is 0 Å². The quantitative estimate of drug-likeness (QED) is 0.511. The Bertz CT molecular complexity index is 790. The number of anilines is 1. The molecule has 2 N–H and O–H groups in total. The first-order valence-corrected chi connectivity index (χ1v) is 7.04. The Morgan fingerprint density at radius 1 is 1.14 bits per heavy atom. The van der Waals surface area contributed by atoms with E-state index in [0.29, 0.717) is 0 Å². The second-order valence-corrected chi connectivity index (χ2v) is 5.70. The number of phenols is 1. The molecular formula is C12H9FN2O5S. The molecule has 0 spiro atoms. The van der Waals surface area contributed by atoms with Crippen LogP contribution in [-0.4, -0.2) is 18.4 Å². The third-order valence-electron chi connectivity index (χ3n) is 2.56. The van der Waals surface area contributed by atoms with Gasteiger partial charge in [-0.1, -0.05) is 0 Å². The fraction of sp³-hybridized carbons (Fsp3) is 0. The molecule has 110 valence electrons. The van der Waals surface area contributed by atoms with E-state index in [4.69, 9.17) is 0 Å². The van der Waals surface area contributed by atoms with Crippen molar-refractivity contribution < 1.29 is 22.8 Å². The zero-order valence-corrected chi connectivity index (χ0v) is 11.2. The SMILES string of the molecule is O=[N+]([O-])c1ccc(O)c(NS(=O)(=O)c2ccc(F)cc2)c1. The van der Waals surface area contributed by atoms with Gasteiger partial charge in [-0.05, 0) is 30.3 Å². The maximum Gasteiger partial charge on any atom is 0.271 e. The van der Waals surface area contributed by atoms with Crippen LogP contribution in [0, 0.1) is 15.9 Å². The number of halogens is 1. The summed E-state index contributed by atoms with van der Waals surface area (Å²) in [5.41, 5.74) is -0.724. The lowest BCUT2D eigenvalue weighted by atomic mass is 10.2. The molecule has 0 aliphatic heterocycles. The Kier molecular flexibility index (Phi) is 3.76. The molecule has 9 heteroatoms. The summed E-state index contributed by atoms with van der Waals surface area (Å²) >= 11 is 0. The van der Waals surface area contributed by atoms with E-state index in [-0.39, 0.29) is 16.3 Å². The summed E-state index contributed by atoms with van der Waals surface area (Å²) in [6.07, 6.45) is 0. The molecule has 21 heavy (non-hydrogen) atoms. The van der Waals surface area contributed by atoms with Crippen LogP contribution in [0.15, 0.2) is 47.4 Å². The number of benzene rings is 2. The van der Waals surface area contributed by atoms with Gasteiger partial charge in [-0.15, -0.1) is 0 Å². The average Bonchev–Trinajstić information content (AvgIpc) is 2.41. The van der Waals surface area contributed by atoms with E-state index in [0.717, 1.165) is 42.5 Å². The summed E-state index contributed by atoms with van der Waals surface area (Å²) in [5.74, 6) is -1.07. The highest BCUT2D eigenvalue weighted by molar-refractivity contribution is 7.92. The Morgan fingerprint density at radius 2 is 1.76 bits per heavy atom. The van der Waals surface area contributed by atoms with Gasteiger partial charge >= 0.3 is 0 Å². The van der Waals surface area contributed by atoms with Crippen LogP contribution in [0.3, 0.4) is 0 Å². The van der Waals surface area contributed by atoms with Gasteiger partial charge in [0.05, 0.1) is 15.5 Å². The highest BCUT2D eigenvalue weighted by Gasteiger charge is 2.18. The van der Waals surface area contributed by atoms with Crippen LogP contribution >= 0.6 is 0 Å². The molecule has 0 radical (unpaired) electrons. The predicted octanol–water partition coefficient (Wildman–Crippen LogP) is 2.24. The molecule has 2 aromatic rings. The minimum atomic E-state index is -4.09. The number of sulfonamides is 1. The summed E-state index contributed by atoms with van der Waals surface area (Å²) in [5, 5.41) is 20.2. The van der Waals surface area contributed by atoms with Crippen molar-refractivity contribution in [2.45, 2.75) is 4.90 Å². The van der Waals surface area contributed by atoms with E-state index in [2.05, 4.69) is 0 Å². The van der Waals surface area contributed by atoms with E-state index in [1.165, 1.54) is 0 Å². The van der Waals surface area contributed by atoms with Crippen LogP contribution in [0.25, 0.3) is 0 Å². The molecule has 0 saturated carbocycles. The van der Waals surface area contributed by atoms with Crippen molar-refractivity contribution in [3.05, 3.63) is 58.4 Å². The first-order valence-electron chi connectivity index (χ1n) is 5.55. The first kappa shape index (κ1) is 14.7. The minimum Gasteiger partial charge on any atom is -0.506 e. The third kappa shape index (κ3) is 3.26. The van der Waals surface area contributed by atoms with Crippen molar-refractivity contribution in [1.29, 1.82) is 0 Å². The van der Waals surface area contributed by atoms with Crippen LogP contribution in [0.5, 0.6) is 5.75 Å². The number of rotatable bonds is 4. The molecule has 0 heterocycles. The van der Waals surface area contributed by atoms with Gasteiger partial charge in [0.25, 0.3) is 15.7 Å². The molecule has 2 aromatic carbocycles. The number of nitrogens with one attached hydrogen (secondary N) is 1. The molecule has 0 aromatic heterocycles. The molecule has 0 aliphatic rings. The van der Waals surface area contributed by atoms with Crippen LogP contribution < -0.4 is 4.72 Å². The number of phenolic OH excluding ortho intramolecular Hbond substituents is 1. The Hall–Kier alpha value is -2.68. The van der Waals surface area contributed by atoms with Crippen LogP contribution in [-0.2, 0) is 10.0 Å². The largest absolute Gasteiger partial charge is 0.506 e. The van der Waals surface area contributed by atoms with Crippen LogP contribution in [0.4, 0.5) is 15.8 Å². The summed E-state index contributed by atoms with van der Waals surface area (Å²) in [7, 11) is -4.09. The summed E-state index contributed by atoms with van der Waals surface area (Å²) < 4.78 is 38.9. The molecule has 0 fully saturated rings. The van der Waals surface area contributed by atoms with Crippen LogP contribution in [0.1, 0.15) is 0 Å². The Labute approximate surface area is 118 Å². The number of nitro benzene ring substituents is 1. The van der Waals surface area contributed by atoms with E-state index in [1.54, 1.807) is 0 Å². The van der Waals surface area contributed by atoms with E-state index in [9.17, 15) is 28.0 Å². The van der Waals surface area contributed by atoms with Gasteiger partial charge in [0.15, 0.2) is 0 Å². The van der Waals surface area contributed by atoms with Gasteiger partial charge in [0.2, 0.25) is 0 Å². The van der Waals surface area contributed by atoms with Crippen molar-refractivity contribution >= 4 is 21.4 Å². The van der Waals surface area contributed by atoms with Gasteiger partial charge < -0.3 is 5.11 Å². The Balaban J connectivity index is 2.38. The average molecular weight is 312 g/mol. The van der Waals surface area contributed by atoms with Crippen molar-refractivity contribution in [3.8, 4) is 5.75 Å². The minimum absolute atomic E-state index is 0.241. The number of hydrogen-bond acceptors (Lipinski definition) is 5. The maximum atomic E-state index is 12.8. The smallest absolute Gasteiger partial charge is 0.271 e. The lowest BCUT2D eigenvalue weighted by molar-refractivity contribution is -0.384. The normalized spacial score (nSPS) is 11.1. The van der Waals surface area contributed by atoms with Crippen molar-refractivity contribution in [2.75, 3.05) is 4.72 Å². The summed E-state index contributed by atoms with van der Waals surface area (Å²) in [4.78, 5) is 9.67. The lowest BCUT2D eigenvalue weighted by Crippen LogP contribution is -2.13. The molecule has 0 aliphatic carbocycles. The zero-order valence-electron chi connectivity index (χ0n) is 10.4. The topological polar surface area (TPSA) is 110 Å². The van der Waals surface area contributed by atoms with E-state index in [1.807, 2.05) is 4.72 Å². The molecule has 0 unspecified atom stereocenters. The standard InChI is InChI=1S/C12H9FN2O5S/c13-8-1-4-10(5-2-8)21(19,20)14-11-7-9(15(17)18)3-6-12(11)16/h1-7,14,16H. The second kappa shape index (κ2) is 5.37. The highest BCUT2D eigenvalue weighted by atomic mass is 32.2. The lowest BCUT2D eigenvalue weighted by Gasteiger charge is -2.09. The number of nitro groups is 1. The molecule has 0 amide bonds. The zero-order chi connectivity index (χ0) is 15.6. The number of hydrogen-bond donors (Lipinski definition) is 2. The molecule has 7 nitrogen and oxygen atoms in total. The molecule has 0 saturated heterocycles. The molecule has 2 rings (SSSR count). The number of nitrogens with zero attached hydrogens (tertiary/aromatic N) is 1. The van der Waals surface area contributed by atoms with Gasteiger partial charge in [-0.25, -0.2) is 12.8 Å². The third-order valence-corrected chi connectivity index (χ3v) is 3.94. The van der Waals surface area contributed by atoms with Gasteiger partial charge in [0.1, 0.15) is 11.6 Å². The number of aromatic hydroxyl groups is 1. The second-order valence-electron chi connectivity index (χ2n) is 4.02. The monoisotopic (exact) mass is 312 g/mol. The van der Waals surface area contributed by atoms with Crippen molar-refractivity contribution in [1.82, 2.24) is 0 Å². The maximum absolute atomic E-state index is 12.8. The Morgan fingerprint density at radius 3 is 2.33 bits per heavy atom.